The van der Waals surface area contributed by atoms with E-state index >= 15 is 0 Å². The van der Waals surface area contributed by atoms with Crippen LogP contribution in [0.4, 0.5) is 23.1 Å². The lowest BCUT2D eigenvalue weighted by molar-refractivity contribution is 1.13. The Hall–Kier alpha value is -4.44. The summed E-state index contributed by atoms with van der Waals surface area (Å²) in [6.45, 7) is 6.28. The molecule has 1 aromatic heterocycles. The molecule has 0 fully saturated rings. The van der Waals surface area contributed by atoms with Crippen molar-refractivity contribution in [3.05, 3.63) is 120 Å². The molecule has 0 bridgehead atoms. The number of benzene rings is 4. The van der Waals surface area contributed by atoms with Crippen molar-refractivity contribution in [1.29, 1.82) is 0 Å². The SMILES string of the molecule is Cc1ccccc1-c1ccccc1Nc1ncc(C)c(Nc2ccccc2-c2ccccc2C)n1. The second-order valence-corrected chi connectivity index (χ2v) is 8.70. The first-order valence-corrected chi connectivity index (χ1v) is 11.8. The molecule has 1 heterocycles. The number of para-hydroxylation sites is 2. The largest absolute Gasteiger partial charge is 0.339 e. The Morgan fingerprint density at radius 3 is 1.49 bits per heavy atom. The predicted octanol–water partition coefficient (Wildman–Crippen LogP) is 8.22. The molecule has 0 saturated heterocycles. The summed E-state index contributed by atoms with van der Waals surface area (Å²) in [6.07, 6.45) is 1.85. The van der Waals surface area contributed by atoms with Crippen LogP contribution in [0, 0.1) is 20.8 Å². The second-order valence-electron chi connectivity index (χ2n) is 8.70. The Balaban J connectivity index is 1.48. The Morgan fingerprint density at radius 1 is 0.486 bits per heavy atom. The van der Waals surface area contributed by atoms with Gasteiger partial charge in [0.2, 0.25) is 5.95 Å². The van der Waals surface area contributed by atoms with Gasteiger partial charge in [-0.1, -0.05) is 84.9 Å². The maximum absolute atomic E-state index is 4.84. The van der Waals surface area contributed by atoms with Crippen LogP contribution in [-0.2, 0) is 0 Å². The van der Waals surface area contributed by atoms with Crippen LogP contribution in [0.2, 0.25) is 0 Å². The van der Waals surface area contributed by atoms with E-state index in [9.17, 15) is 0 Å². The summed E-state index contributed by atoms with van der Waals surface area (Å²) in [7, 11) is 0. The van der Waals surface area contributed by atoms with Crippen molar-refractivity contribution in [3.63, 3.8) is 0 Å². The van der Waals surface area contributed by atoms with Gasteiger partial charge in [0.25, 0.3) is 0 Å². The first-order chi connectivity index (χ1) is 17.1. The zero-order chi connectivity index (χ0) is 24.2. The van der Waals surface area contributed by atoms with Crippen molar-refractivity contribution in [1.82, 2.24) is 9.97 Å². The van der Waals surface area contributed by atoms with Gasteiger partial charge < -0.3 is 10.6 Å². The maximum atomic E-state index is 4.84. The van der Waals surface area contributed by atoms with Crippen LogP contribution in [0.3, 0.4) is 0 Å². The third kappa shape index (κ3) is 4.78. The van der Waals surface area contributed by atoms with Crippen LogP contribution in [0.1, 0.15) is 16.7 Å². The zero-order valence-electron chi connectivity index (χ0n) is 20.2. The highest BCUT2D eigenvalue weighted by Crippen LogP contribution is 2.34. The van der Waals surface area contributed by atoms with Gasteiger partial charge >= 0.3 is 0 Å². The number of hydrogen-bond donors (Lipinski definition) is 2. The van der Waals surface area contributed by atoms with Crippen LogP contribution in [0.25, 0.3) is 22.3 Å². The Labute approximate surface area is 206 Å². The molecule has 172 valence electrons. The number of aryl methyl sites for hydroxylation is 3. The summed E-state index contributed by atoms with van der Waals surface area (Å²) < 4.78 is 0. The number of hydrogen-bond acceptors (Lipinski definition) is 4. The van der Waals surface area contributed by atoms with E-state index in [0.29, 0.717) is 5.95 Å². The fourth-order valence-corrected chi connectivity index (χ4v) is 4.28. The van der Waals surface area contributed by atoms with Crippen molar-refractivity contribution >= 4 is 23.1 Å². The Bertz CT molecular complexity index is 1490. The predicted molar refractivity (Wildman–Crippen MR) is 147 cm³/mol. The lowest BCUT2D eigenvalue weighted by Crippen LogP contribution is -2.04. The molecule has 0 spiro atoms. The second kappa shape index (κ2) is 9.82. The molecule has 2 N–H and O–H groups in total. The van der Waals surface area contributed by atoms with Crippen molar-refractivity contribution in [3.8, 4) is 22.3 Å². The zero-order valence-corrected chi connectivity index (χ0v) is 20.2. The van der Waals surface area contributed by atoms with Crippen LogP contribution in [0.5, 0.6) is 0 Å². The van der Waals surface area contributed by atoms with Gasteiger partial charge in [-0.05, 0) is 55.2 Å². The molecule has 4 heteroatoms. The quantitative estimate of drug-likeness (QED) is 0.270. The van der Waals surface area contributed by atoms with E-state index in [1.54, 1.807) is 0 Å². The molecular formula is C31H28N4. The normalized spacial score (nSPS) is 10.7. The highest BCUT2D eigenvalue weighted by Gasteiger charge is 2.12. The van der Waals surface area contributed by atoms with Crippen molar-refractivity contribution in [2.75, 3.05) is 10.6 Å². The Morgan fingerprint density at radius 2 is 0.943 bits per heavy atom. The summed E-state index contributed by atoms with van der Waals surface area (Å²) in [4.78, 5) is 9.41. The summed E-state index contributed by atoms with van der Waals surface area (Å²) in [6, 6.07) is 33.4. The van der Waals surface area contributed by atoms with E-state index in [-0.39, 0.29) is 0 Å². The lowest BCUT2D eigenvalue weighted by Gasteiger charge is -2.16. The van der Waals surface area contributed by atoms with Gasteiger partial charge in [0.05, 0.1) is 0 Å². The summed E-state index contributed by atoms with van der Waals surface area (Å²) >= 11 is 0. The first kappa shape index (κ1) is 22.4. The molecule has 0 saturated carbocycles. The van der Waals surface area contributed by atoms with Gasteiger partial charge in [-0.3, -0.25) is 0 Å². The molecule has 5 aromatic rings. The minimum atomic E-state index is 0.549. The van der Waals surface area contributed by atoms with Gasteiger partial charge in [-0.25, -0.2) is 4.98 Å². The number of anilines is 4. The topological polar surface area (TPSA) is 49.8 Å². The third-order valence-electron chi connectivity index (χ3n) is 6.20. The van der Waals surface area contributed by atoms with E-state index in [2.05, 4.69) is 114 Å². The molecule has 0 aliphatic carbocycles. The van der Waals surface area contributed by atoms with E-state index < -0.39 is 0 Å². The van der Waals surface area contributed by atoms with Crippen molar-refractivity contribution in [2.24, 2.45) is 0 Å². The minimum absolute atomic E-state index is 0.549. The van der Waals surface area contributed by atoms with Crippen molar-refractivity contribution in [2.45, 2.75) is 20.8 Å². The molecule has 0 radical (unpaired) electrons. The molecular weight excluding hydrogens is 428 g/mol. The maximum Gasteiger partial charge on any atom is 0.229 e. The highest BCUT2D eigenvalue weighted by atomic mass is 15.1. The molecule has 0 aliphatic heterocycles. The van der Waals surface area contributed by atoms with Crippen LogP contribution in [0.15, 0.2) is 103 Å². The standard InChI is InChI=1S/C31H28N4/c1-21-12-4-6-14-24(21)26-16-8-10-18-28(26)33-30-23(3)20-32-31(35-30)34-29-19-11-9-17-27(29)25-15-7-5-13-22(25)2/h4-20H,1-3H3,(H2,32,33,34,35). The Kier molecular flexibility index (Phi) is 6.27. The molecule has 0 unspecified atom stereocenters. The highest BCUT2D eigenvalue weighted by molar-refractivity contribution is 5.84. The molecule has 0 aliphatic rings. The summed E-state index contributed by atoms with van der Waals surface area (Å²) in [5.41, 5.74) is 10.1. The van der Waals surface area contributed by atoms with Gasteiger partial charge in [0.15, 0.2) is 0 Å². The summed E-state index contributed by atoms with van der Waals surface area (Å²) in [5.74, 6) is 1.32. The smallest absolute Gasteiger partial charge is 0.229 e. The van der Waals surface area contributed by atoms with E-state index in [1.165, 1.54) is 22.3 Å². The lowest BCUT2D eigenvalue weighted by atomic mass is 9.99. The number of nitrogens with zero attached hydrogens (tertiary/aromatic N) is 2. The molecule has 4 nitrogen and oxygen atoms in total. The van der Waals surface area contributed by atoms with Gasteiger partial charge in [-0.15, -0.1) is 0 Å². The van der Waals surface area contributed by atoms with E-state index in [1.807, 2.05) is 25.3 Å². The van der Waals surface area contributed by atoms with Crippen molar-refractivity contribution < 1.29 is 0 Å². The van der Waals surface area contributed by atoms with Crippen LogP contribution in [-0.4, -0.2) is 9.97 Å². The average molecular weight is 457 g/mol. The number of aromatic nitrogens is 2. The first-order valence-electron chi connectivity index (χ1n) is 11.8. The number of nitrogens with one attached hydrogen (secondary N) is 2. The monoisotopic (exact) mass is 456 g/mol. The third-order valence-corrected chi connectivity index (χ3v) is 6.20. The van der Waals surface area contributed by atoms with Crippen LogP contribution >= 0.6 is 0 Å². The average Bonchev–Trinajstić information content (AvgIpc) is 2.88. The molecule has 4 aromatic carbocycles. The van der Waals surface area contributed by atoms with Gasteiger partial charge in [-0.2, -0.15) is 4.98 Å². The summed E-state index contributed by atoms with van der Waals surface area (Å²) in [5, 5.41) is 7.00. The van der Waals surface area contributed by atoms with E-state index in [4.69, 9.17) is 4.98 Å². The van der Waals surface area contributed by atoms with Crippen LogP contribution < -0.4 is 10.6 Å². The number of rotatable bonds is 6. The van der Waals surface area contributed by atoms with Gasteiger partial charge in [0, 0.05) is 34.3 Å². The molecule has 35 heavy (non-hydrogen) atoms. The fraction of sp³-hybridized carbons (Fsp3) is 0.0968. The molecule has 0 atom stereocenters. The molecule has 0 amide bonds. The van der Waals surface area contributed by atoms with E-state index in [0.717, 1.165) is 33.9 Å². The molecule has 5 rings (SSSR count). The minimum Gasteiger partial charge on any atom is -0.339 e. The van der Waals surface area contributed by atoms with Gasteiger partial charge in [0.1, 0.15) is 5.82 Å². The fourth-order valence-electron chi connectivity index (χ4n) is 4.28.